The second kappa shape index (κ2) is 9.07. The van der Waals surface area contributed by atoms with Gasteiger partial charge in [-0.3, -0.25) is 10.1 Å². The molecule has 0 aliphatic carbocycles. The predicted molar refractivity (Wildman–Crippen MR) is 110 cm³/mol. The van der Waals surface area contributed by atoms with Crippen LogP contribution < -0.4 is 4.90 Å². The molecule has 144 valence electrons. The van der Waals surface area contributed by atoms with Crippen molar-refractivity contribution in [2.75, 3.05) is 31.2 Å². The number of para-hydroxylation sites is 1. The van der Waals surface area contributed by atoms with Crippen molar-refractivity contribution in [3.63, 3.8) is 0 Å². The first-order valence-electron chi connectivity index (χ1n) is 8.91. The highest BCUT2D eigenvalue weighted by Gasteiger charge is 2.11. The molecule has 0 amide bonds. The third kappa shape index (κ3) is 4.51. The van der Waals surface area contributed by atoms with E-state index in [1.54, 1.807) is 12.1 Å². The third-order valence-electron chi connectivity index (χ3n) is 4.35. The first-order chi connectivity index (χ1) is 13.6. The summed E-state index contributed by atoms with van der Waals surface area (Å²) >= 11 is 0. The van der Waals surface area contributed by atoms with Gasteiger partial charge in [-0.1, -0.05) is 24.3 Å². The summed E-state index contributed by atoms with van der Waals surface area (Å²) in [6, 6.07) is 15.9. The summed E-state index contributed by atoms with van der Waals surface area (Å²) in [7, 11) is 0. The molecule has 7 heteroatoms. The van der Waals surface area contributed by atoms with Crippen LogP contribution in [-0.2, 0) is 0 Å². The molecule has 7 nitrogen and oxygen atoms in total. The molecule has 0 atom stereocenters. The number of hydrogen-bond donors (Lipinski definition) is 2. The van der Waals surface area contributed by atoms with Gasteiger partial charge in [0.1, 0.15) is 0 Å². The number of nitro groups is 1. The smallest absolute Gasteiger partial charge is 0.269 e. The second-order valence-corrected chi connectivity index (χ2v) is 6.20. The first kappa shape index (κ1) is 19.5. The third-order valence-corrected chi connectivity index (χ3v) is 4.35. The molecule has 3 aromatic rings. The minimum atomic E-state index is -0.429. The number of non-ortho nitro benzene ring substituents is 1. The molecule has 0 saturated carbocycles. The lowest BCUT2D eigenvalue weighted by Gasteiger charge is -2.24. The number of anilines is 1. The molecule has 0 aliphatic rings. The summed E-state index contributed by atoms with van der Waals surface area (Å²) in [5.74, 6) is 0. The largest absolute Gasteiger partial charge is 0.395 e. The first-order valence-corrected chi connectivity index (χ1v) is 8.91. The van der Waals surface area contributed by atoms with E-state index < -0.39 is 4.92 Å². The maximum absolute atomic E-state index is 10.8. The molecule has 0 bridgehead atoms. The molecule has 28 heavy (non-hydrogen) atoms. The van der Waals surface area contributed by atoms with E-state index in [1.807, 2.05) is 47.4 Å². The Labute approximate surface area is 162 Å². The van der Waals surface area contributed by atoms with Gasteiger partial charge in [0.2, 0.25) is 0 Å². The topological polar surface area (TPSA) is 99.7 Å². The van der Waals surface area contributed by atoms with Crippen LogP contribution in [0.3, 0.4) is 0 Å². The summed E-state index contributed by atoms with van der Waals surface area (Å²) in [6.07, 6.45) is 3.68. The molecule has 2 aromatic carbocycles. The number of hydrogen-bond acceptors (Lipinski definition) is 6. The highest BCUT2D eigenvalue weighted by molar-refractivity contribution is 5.93. The zero-order chi connectivity index (χ0) is 19.9. The standard InChI is InChI=1S/C21H21N3O4/c25-13-11-23(12-14-26)21-15-17(22-20-4-2-1-3-19(20)21)8-5-16-6-9-18(10-7-16)24(27)28/h1-10,15,25-26H,11-14H2/b8-5+. The van der Waals surface area contributed by atoms with E-state index in [1.165, 1.54) is 12.1 Å². The van der Waals surface area contributed by atoms with Crippen LogP contribution in [0.25, 0.3) is 23.1 Å². The number of fused-ring (bicyclic) bond motifs is 1. The van der Waals surface area contributed by atoms with E-state index in [0.717, 1.165) is 22.2 Å². The van der Waals surface area contributed by atoms with Gasteiger partial charge in [0, 0.05) is 36.3 Å². The maximum atomic E-state index is 10.8. The molecular weight excluding hydrogens is 358 g/mol. The van der Waals surface area contributed by atoms with E-state index in [4.69, 9.17) is 0 Å². The molecule has 2 N–H and O–H groups in total. The van der Waals surface area contributed by atoms with Crippen molar-refractivity contribution in [3.05, 3.63) is 76.0 Å². The Morgan fingerprint density at radius 3 is 2.32 bits per heavy atom. The minimum Gasteiger partial charge on any atom is -0.395 e. The zero-order valence-electron chi connectivity index (χ0n) is 15.2. The van der Waals surface area contributed by atoms with Crippen molar-refractivity contribution in [1.29, 1.82) is 0 Å². The van der Waals surface area contributed by atoms with Crippen molar-refractivity contribution in [3.8, 4) is 0 Å². The molecule has 1 aromatic heterocycles. The number of aliphatic hydroxyl groups is 2. The number of aliphatic hydroxyl groups excluding tert-OH is 2. The summed E-state index contributed by atoms with van der Waals surface area (Å²) in [5.41, 5.74) is 3.28. The Hall–Kier alpha value is -3.29. The zero-order valence-corrected chi connectivity index (χ0v) is 15.2. The lowest BCUT2D eigenvalue weighted by Crippen LogP contribution is -2.30. The van der Waals surface area contributed by atoms with Gasteiger partial charge in [0.25, 0.3) is 5.69 Å². The molecule has 0 spiro atoms. The lowest BCUT2D eigenvalue weighted by atomic mass is 10.1. The van der Waals surface area contributed by atoms with Crippen LogP contribution in [0.5, 0.6) is 0 Å². The summed E-state index contributed by atoms with van der Waals surface area (Å²) in [4.78, 5) is 16.9. The van der Waals surface area contributed by atoms with Crippen molar-refractivity contribution >= 4 is 34.4 Å². The van der Waals surface area contributed by atoms with Gasteiger partial charge in [0.15, 0.2) is 0 Å². The van der Waals surface area contributed by atoms with Crippen LogP contribution in [0.15, 0.2) is 54.6 Å². The Kier molecular flexibility index (Phi) is 6.31. The van der Waals surface area contributed by atoms with Crippen LogP contribution in [0.1, 0.15) is 11.3 Å². The molecule has 0 fully saturated rings. The van der Waals surface area contributed by atoms with Crippen LogP contribution in [0.4, 0.5) is 11.4 Å². The molecule has 1 heterocycles. The van der Waals surface area contributed by atoms with Crippen molar-refractivity contribution in [2.24, 2.45) is 0 Å². The number of benzene rings is 2. The number of aromatic nitrogens is 1. The molecule has 0 radical (unpaired) electrons. The van der Waals surface area contributed by atoms with Gasteiger partial charge in [-0.05, 0) is 35.9 Å². The van der Waals surface area contributed by atoms with E-state index in [2.05, 4.69) is 4.98 Å². The predicted octanol–water partition coefficient (Wildman–Crippen LogP) is 3.10. The van der Waals surface area contributed by atoms with Crippen molar-refractivity contribution < 1.29 is 15.1 Å². The Balaban J connectivity index is 1.97. The Bertz CT molecular complexity index is 981. The van der Waals surface area contributed by atoms with Gasteiger partial charge < -0.3 is 15.1 Å². The van der Waals surface area contributed by atoms with Gasteiger partial charge in [-0.2, -0.15) is 0 Å². The fourth-order valence-electron chi connectivity index (χ4n) is 3.01. The van der Waals surface area contributed by atoms with Crippen molar-refractivity contribution in [2.45, 2.75) is 0 Å². The van der Waals surface area contributed by atoms with E-state index in [-0.39, 0.29) is 18.9 Å². The highest BCUT2D eigenvalue weighted by atomic mass is 16.6. The van der Waals surface area contributed by atoms with Crippen molar-refractivity contribution in [1.82, 2.24) is 4.98 Å². The maximum Gasteiger partial charge on any atom is 0.269 e. The number of pyridine rings is 1. The van der Waals surface area contributed by atoms with E-state index in [0.29, 0.717) is 18.8 Å². The summed E-state index contributed by atoms with van der Waals surface area (Å²) < 4.78 is 0. The average molecular weight is 379 g/mol. The monoisotopic (exact) mass is 379 g/mol. The molecule has 0 saturated heterocycles. The minimum absolute atomic E-state index is 0.0232. The normalized spacial score (nSPS) is 11.2. The molecule has 0 aliphatic heterocycles. The van der Waals surface area contributed by atoms with Gasteiger partial charge in [0.05, 0.1) is 29.3 Å². The molecule has 0 unspecified atom stereocenters. The quantitative estimate of drug-likeness (QED) is 0.461. The number of rotatable bonds is 8. The number of nitro benzene ring substituents is 1. The summed E-state index contributed by atoms with van der Waals surface area (Å²) in [5, 5.41) is 30.5. The van der Waals surface area contributed by atoms with Crippen LogP contribution in [-0.4, -0.2) is 46.4 Å². The average Bonchev–Trinajstić information content (AvgIpc) is 2.72. The number of nitrogens with zero attached hydrogens (tertiary/aromatic N) is 3. The Morgan fingerprint density at radius 1 is 1.00 bits per heavy atom. The fourth-order valence-corrected chi connectivity index (χ4v) is 3.01. The SMILES string of the molecule is O=[N+]([O-])c1ccc(/C=C/c2cc(N(CCO)CCO)c3ccccc3n2)cc1. The summed E-state index contributed by atoms with van der Waals surface area (Å²) in [6.45, 7) is 0.759. The van der Waals surface area contributed by atoms with Crippen LogP contribution >= 0.6 is 0 Å². The van der Waals surface area contributed by atoms with Crippen LogP contribution in [0.2, 0.25) is 0 Å². The Morgan fingerprint density at radius 2 is 1.68 bits per heavy atom. The van der Waals surface area contributed by atoms with Gasteiger partial charge in [-0.25, -0.2) is 4.98 Å². The second-order valence-electron chi connectivity index (χ2n) is 6.20. The van der Waals surface area contributed by atoms with Gasteiger partial charge in [-0.15, -0.1) is 0 Å². The fraction of sp³-hybridized carbons (Fsp3) is 0.190. The van der Waals surface area contributed by atoms with Crippen LogP contribution in [0, 0.1) is 10.1 Å². The van der Waals surface area contributed by atoms with E-state index in [9.17, 15) is 20.3 Å². The van der Waals surface area contributed by atoms with E-state index >= 15 is 0 Å². The lowest BCUT2D eigenvalue weighted by molar-refractivity contribution is -0.384. The molecule has 3 rings (SSSR count). The van der Waals surface area contributed by atoms with Gasteiger partial charge >= 0.3 is 0 Å². The molecular formula is C21H21N3O4. The highest BCUT2D eigenvalue weighted by Crippen LogP contribution is 2.27.